The third kappa shape index (κ3) is 3.34. The Hall–Kier alpha value is -2.30. The van der Waals surface area contributed by atoms with Crippen LogP contribution in [0.1, 0.15) is 13.3 Å². The number of nitrogens with two attached hydrogens (primary N) is 1. The van der Waals surface area contributed by atoms with E-state index >= 15 is 0 Å². The molecular weight excluding hydrogens is 242 g/mol. The van der Waals surface area contributed by atoms with Gasteiger partial charge in [-0.05, 0) is 30.7 Å². The summed E-state index contributed by atoms with van der Waals surface area (Å²) in [6.45, 7) is 2.79. The molecule has 0 aliphatic heterocycles. The molecule has 2 N–H and O–H groups in total. The van der Waals surface area contributed by atoms with E-state index in [-0.39, 0.29) is 5.95 Å². The Labute approximate surface area is 112 Å². The zero-order valence-corrected chi connectivity index (χ0v) is 11.1. The topological polar surface area (TPSA) is 70.3 Å². The second-order valence-corrected chi connectivity index (χ2v) is 4.03. The molecule has 5 nitrogen and oxygen atoms in total. The Morgan fingerprint density at radius 3 is 2.53 bits per heavy atom. The summed E-state index contributed by atoms with van der Waals surface area (Å²) in [6, 6.07) is 9.45. The van der Waals surface area contributed by atoms with Crippen molar-refractivity contribution < 1.29 is 9.47 Å². The molecule has 0 radical (unpaired) electrons. The SMILES string of the molecule is CCCOc1ccc(-c2cc(OC)nc(N)n2)cc1. The molecule has 1 aromatic carbocycles. The van der Waals surface area contributed by atoms with Gasteiger partial charge in [-0.15, -0.1) is 0 Å². The summed E-state index contributed by atoms with van der Waals surface area (Å²) in [5.41, 5.74) is 7.31. The maximum atomic E-state index is 5.64. The third-order valence-electron chi connectivity index (χ3n) is 2.55. The predicted molar refractivity (Wildman–Crippen MR) is 74.2 cm³/mol. The fraction of sp³-hybridized carbons (Fsp3) is 0.286. The predicted octanol–water partition coefficient (Wildman–Crippen LogP) is 2.52. The summed E-state index contributed by atoms with van der Waals surface area (Å²) in [5, 5.41) is 0. The summed E-state index contributed by atoms with van der Waals surface area (Å²) in [5.74, 6) is 1.49. The molecule has 2 rings (SSSR count). The van der Waals surface area contributed by atoms with E-state index in [1.165, 1.54) is 0 Å². The number of aromatic nitrogens is 2. The molecule has 0 atom stereocenters. The molecule has 19 heavy (non-hydrogen) atoms. The molecule has 2 aromatic rings. The number of nitrogen functional groups attached to an aromatic ring is 1. The highest BCUT2D eigenvalue weighted by Gasteiger charge is 2.05. The Kier molecular flexibility index (Phi) is 4.18. The van der Waals surface area contributed by atoms with Gasteiger partial charge in [0.2, 0.25) is 11.8 Å². The van der Waals surface area contributed by atoms with E-state index < -0.39 is 0 Å². The van der Waals surface area contributed by atoms with Gasteiger partial charge in [-0.1, -0.05) is 6.92 Å². The number of nitrogens with zero attached hydrogens (tertiary/aromatic N) is 2. The first-order valence-corrected chi connectivity index (χ1v) is 6.14. The maximum Gasteiger partial charge on any atom is 0.223 e. The lowest BCUT2D eigenvalue weighted by Gasteiger charge is -2.07. The van der Waals surface area contributed by atoms with Crippen LogP contribution in [0.2, 0.25) is 0 Å². The van der Waals surface area contributed by atoms with Crippen LogP contribution in [0.4, 0.5) is 5.95 Å². The van der Waals surface area contributed by atoms with Crippen LogP contribution in [-0.2, 0) is 0 Å². The lowest BCUT2D eigenvalue weighted by atomic mass is 10.1. The van der Waals surface area contributed by atoms with E-state index in [0.717, 1.165) is 23.4 Å². The number of methoxy groups -OCH3 is 1. The molecular formula is C14H17N3O2. The number of benzene rings is 1. The standard InChI is InChI=1S/C14H17N3O2/c1-3-8-19-11-6-4-10(5-7-11)12-9-13(18-2)17-14(15)16-12/h4-7,9H,3,8H2,1-2H3,(H2,15,16,17). The zero-order valence-electron chi connectivity index (χ0n) is 11.1. The second-order valence-electron chi connectivity index (χ2n) is 4.03. The Balaban J connectivity index is 2.24. The second kappa shape index (κ2) is 6.04. The van der Waals surface area contributed by atoms with Crippen LogP contribution in [-0.4, -0.2) is 23.7 Å². The zero-order chi connectivity index (χ0) is 13.7. The van der Waals surface area contributed by atoms with Crippen molar-refractivity contribution in [1.29, 1.82) is 0 Å². The number of rotatable bonds is 5. The summed E-state index contributed by atoms with van der Waals surface area (Å²) in [7, 11) is 1.55. The van der Waals surface area contributed by atoms with Crippen LogP contribution in [0.3, 0.4) is 0 Å². The lowest BCUT2D eigenvalue weighted by molar-refractivity contribution is 0.317. The average Bonchev–Trinajstić information content (AvgIpc) is 2.45. The number of ether oxygens (including phenoxy) is 2. The molecule has 0 amide bonds. The molecule has 0 bridgehead atoms. The lowest BCUT2D eigenvalue weighted by Crippen LogP contribution is -1.99. The highest BCUT2D eigenvalue weighted by atomic mass is 16.5. The molecule has 1 aromatic heterocycles. The summed E-state index contributed by atoms with van der Waals surface area (Å²) >= 11 is 0. The van der Waals surface area contributed by atoms with Crippen molar-refractivity contribution >= 4 is 5.95 Å². The summed E-state index contributed by atoms with van der Waals surface area (Å²) in [6.07, 6.45) is 0.987. The van der Waals surface area contributed by atoms with Crippen molar-refractivity contribution in [2.75, 3.05) is 19.5 Å². The van der Waals surface area contributed by atoms with Crippen molar-refractivity contribution in [3.05, 3.63) is 30.3 Å². The highest BCUT2D eigenvalue weighted by molar-refractivity contribution is 5.62. The molecule has 5 heteroatoms. The van der Waals surface area contributed by atoms with Gasteiger partial charge in [-0.25, -0.2) is 4.98 Å². The number of hydrogen-bond donors (Lipinski definition) is 1. The van der Waals surface area contributed by atoms with Crippen LogP contribution in [0.15, 0.2) is 30.3 Å². The molecule has 0 saturated carbocycles. The minimum Gasteiger partial charge on any atom is -0.494 e. The van der Waals surface area contributed by atoms with Gasteiger partial charge in [-0.2, -0.15) is 4.98 Å². The van der Waals surface area contributed by atoms with Gasteiger partial charge in [0, 0.05) is 11.6 Å². The van der Waals surface area contributed by atoms with Crippen LogP contribution in [0.25, 0.3) is 11.3 Å². The maximum absolute atomic E-state index is 5.64. The first-order chi connectivity index (χ1) is 9.22. The Bertz CT molecular complexity index is 541. The van der Waals surface area contributed by atoms with E-state index in [0.29, 0.717) is 12.5 Å². The van der Waals surface area contributed by atoms with Crippen LogP contribution in [0, 0.1) is 0 Å². The quantitative estimate of drug-likeness (QED) is 0.893. The molecule has 0 aliphatic carbocycles. The first kappa shape index (κ1) is 13.1. The van der Waals surface area contributed by atoms with Crippen LogP contribution >= 0.6 is 0 Å². The van der Waals surface area contributed by atoms with Crippen molar-refractivity contribution in [2.45, 2.75) is 13.3 Å². The molecule has 1 heterocycles. The average molecular weight is 259 g/mol. The monoisotopic (exact) mass is 259 g/mol. The van der Waals surface area contributed by atoms with Crippen molar-refractivity contribution in [2.24, 2.45) is 0 Å². The van der Waals surface area contributed by atoms with E-state index in [1.807, 2.05) is 24.3 Å². The molecule has 0 unspecified atom stereocenters. The van der Waals surface area contributed by atoms with E-state index in [9.17, 15) is 0 Å². The smallest absolute Gasteiger partial charge is 0.223 e. The van der Waals surface area contributed by atoms with Crippen LogP contribution in [0.5, 0.6) is 11.6 Å². The van der Waals surface area contributed by atoms with Crippen LogP contribution < -0.4 is 15.2 Å². The summed E-state index contributed by atoms with van der Waals surface area (Å²) in [4.78, 5) is 8.15. The minimum atomic E-state index is 0.195. The summed E-state index contributed by atoms with van der Waals surface area (Å²) < 4.78 is 10.6. The number of anilines is 1. The fourth-order valence-corrected chi connectivity index (χ4v) is 1.64. The number of hydrogen-bond acceptors (Lipinski definition) is 5. The van der Waals surface area contributed by atoms with Gasteiger partial charge < -0.3 is 15.2 Å². The van der Waals surface area contributed by atoms with Gasteiger partial charge in [0.1, 0.15) is 5.75 Å². The largest absolute Gasteiger partial charge is 0.494 e. The third-order valence-corrected chi connectivity index (χ3v) is 2.55. The molecule has 100 valence electrons. The van der Waals surface area contributed by atoms with E-state index in [1.54, 1.807) is 13.2 Å². The minimum absolute atomic E-state index is 0.195. The van der Waals surface area contributed by atoms with Gasteiger partial charge >= 0.3 is 0 Å². The molecule has 0 spiro atoms. The highest BCUT2D eigenvalue weighted by Crippen LogP contribution is 2.24. The Morgan fingerprint density at radius 2 is 1.89 bits per heavy atom. The van der Waals surface area contributed by atoms with Gasteiger partial charge in [0.25, 0.3) is 0 Å². The molecule has 0 aliphatic rings. The Morgan fingerprint density at radius 1 is 1.16 bits per heavy atom. The van der Waals surface area contributed by atoms with Gasteiger partial charge in [-0.3, -0.25) is 0 Å². The van der Waals surface area contributed by atoms with Crippen molar-refractivity contribution in [1.82, 2.24) is 9.97 Å². The van der Waals surface area contributed by atoms with E-state index in [4.69, 9.17) is 15.2 Å². The van der Waals surface area contributed by atoms with Crippen molar-refractivity contribution in [3.8, 4) is 22.9 Å². The van der Waals surface area contributed by atoms with E-state index in [2.05, 4.69) is 16.9 Å². The van der Waals surface area contributed by atoms with Gasteiger partial charge in [0.15, 0.2) is 0 Å². The molecule has 0 saturated heterocycles. The normalized spacial score (nSPS) is 10.2. The molecule has 0 fully saturated rings. The van der Waals surface area contributed by atoms with Crippen molar-refractivity contribution in [3.63, 3.8) is 0 Å². The van der Waals surface area contributed by atoms with Gasteiger partial charge in [0.05, 0.1) is 19.4 Å². The fourth-order valence-electron chi connectivity index (χ4n) is 1.64. The first-order valence-electron chi connectivity index (χ1n) is 6.14.